The summed E-state index contributed by atoms with van der Waals surface area (Å²) in [6.45, 7) is 0. The predicted octanol–water partition coefficient (Wildman–Crippen LogP) is 0.418. The third-order valence-electron chi connectivity index (χ3n) is 1.95. The number of hydrogen-bond acceptors (Lipinski definition) is 2. The lowest BCUT2D eigenvalue weighted by molar-refractivity contribution is -0.135. The summed E-state index contributed by atoms with van der Waals surface area (Å²) in [4.78, 5) is 21.3. The molecule has 0 aliphatic heterocycles. The second-order valence-corrected chi connectivity index (χ2v) is 2.65. The third kappa shape index (κ3) is 1.16. The van der Waals surface area contributed by atoms with Crippen LogP contribution >= 0.6 is 0 Å². The van der Waals surface area contributed by atoms with Gasteiger partial charge in [0.15, 0.2) is 5.41 Å². The van der Waals surface area contributed by atoms with Crippen molar-refractivity contribution in [3.63, 3.8) is 0 Å². The van der Waals surface area contributed by atoms with Crippen molar-refractivity contribution in [3.8, 4) is 0 Å². The predicted molar refractivity (Wildman–Crippen MR) is 40.9 cm³/mol. The van der Waals surface area contributed by atoms with E-state index in [0.717, 1.165) is 18.2 Å². The van der Waals surface area contributed by atoms with E-state index >= 15 is 0 Å². The third-order valence-corrected chi connectivity index (χ3v) is 1.95. The first-order valence-electron chi connectivity index (χ1n) is 3.50. The minimum atomic E-state index is -2.46. The molecule has 0 spiro atoms. The fraction of sp³-hybridized carbons (Fsp3) is 0.250. The largest absolute Gasteiger partial charge is 0.368 e. The molecule has 0 aromatic carbocycles. The Morgan fingerprint density at radius 3 is 2.62 bits per heavy atom. The molecule has 0 bridgehead atoms. The molecule has 5 heteroatoms. The first-order chi connectivity index (χ1) is 6.05. The second-order valence-electron chi connectivity index (χ2n) is 2.65. The van der Waals surface area contributed by atoms with Gasteiger partial charge in [-0.05, 0) is 12.2 Å². The lowest BCUT2D eigenvalue weighted by Gasteiger charge is -2.26. The second kappa shape index (κ2) is 3.08. The van der Waals surface area contributed by atoms with Gasteiger partial charge in [-0.25, -0.2) is 8.78 Å². The van der Waals surface area contributed by atoms with Crippen LogP contribution in [0.1, 0.15) is 0 Å². The zero-order valence-electron chi connectivity index (χ0n) is 6.54. The topological polar surface area (TPSA) is 60.2 Å². The smallest absolute Gasteiger partial charge is 0.241 e. The summed E-state index contributed by atoms with van der Waals surface area (Å²) in [5.74, 6) is -2.49. The van der Waals surface area contributed by atoms with E-state index in [1.807, 2.05) is 0 Å². The molecule has 1 aliphatic rings. The van der Waals surface area contributed by atoms with Crippen LogP contribution in [0.4, 0.5) is 8.78 Å². The number of carbonyl (C=O) groups excluding carboxylic acids is 2. The van der Waals surface area contributed by atoms with E-state index in [1.54, 1.807) is 0 Å². The fourth-order valence-corrected chi connectivity index (χ4v) is 1.09. The molecule has 2 N–H and O–H groups in total. The summed E-state index contributed by atoms with van der Waals surface area (Å²) in [7, 11) is 0. The number of amides is 1. The Morgan fingerprint density at radius 1 is 1.69 bits per heavy atom. The molecular weight excluding hydrogens is 180 g/mol. The van der Waals surface area contributed by atoms with Gasteiger partial charge in [0.2, 0.25) is 5.91 Å². The molecule has 3 nitrogen and oxygen atoms in total. The molecule has 13 heavy (non-hydrogen) atoms. The molecule has 70 valence electrons. The number of primary amides is 1. The van der Waals surface area contributed by atoms with Gasteiger partial charge < -0.3 is 10.5 Å². The maximum Gasteiger partial charge on any atom is 0.241 e. The maximum absolute atomic E-state index is 13.1. The molecule has 0 saturated carbocycles. The quantitative estimate of drug-likeness (QED) is 0.503. The SMILES string of the molecule is NC(=O)C1(C=O)C(F)=CC=CC1F. The zero-order chi connectivity index (χ0) is 10.1. The van der Waals surface area contributed by atoms with Gasteiger partial charge in [-0.15, -0.1) is 0 Å². The van der Waals surface area contributed by atoms with Gasteiger partial charge in [0.05, 0.1) is 0 Å². The van der Waals surface area contributed by atoms with Crippen LogP contribution in [0.3, 0.4) is 0 Å². The number of halogens is 2. The van der Waals surface area contributed by atoms with Crippen LogP contribution < -0.4 is 5.73 Å². The fourth-order valence-electron chi connectivity index (χ4n) is 1.09. The summed E-state index contributed by atoms with van der Waals surface area (Å²) in [5.41, 5.74) is 2.31. The van der Waals surface area contributed by atoms with Crippen molar-refractivity contribution in [2.24, 2.45) is 11.1 Å². The normalized spacial score (nSPS) is 32.5. The minimum absolute atomic E-state index is 0.102. The summed E-state index contributed by atoms with van der Waals surface area (Å²) in [5, 5.41) is 0. The van der Waals surface area contributed by atoms with Gasteiger partial charge in [0, 0.05) is 0 Å². The number of aldehydes is 1. The number of carbonyl (C=O) groups is 2. The van der Waals surface area contributed by atoms with Crippen LogP contribution in [0.2, 0.25) is 0 Å². The molecule has 0 aromatic rings. The van der Waals surface area contributed by atoms with Crippen LogP contribution in [-0.2, 0) is 9.59 Å². The highest BCUT2D eigenvalue weighted by Gasteiger charge is 2.49. The molecule has 2 atom stereocenters. The van der Waals surface area contributed by atoms with Crippen molar-refractivity contribution in [3.05, 3.63) is 24.1 Å². The standard InChI is InChI=1S/C8H7F2NO2/c9-5-2-1-3-6(10)8(5,4-12)7(11)13/h1-5H,(H2,11,13). The molecule has 0 heterocycles. The number of alkyl halides is 1. The van der Waals surface area contributed by atoms with Gasteiger partial charge in [-0.3, -0.25) is 4.79 Å². The molecule has 0 radical (unpaired) electrons. The van der Waals surface area contributed by atoms with Crippen molar-refractivity contribution in [1.29, 1.82) is 0 Å². The average molecular weight is 187 g/mol. The van der Waals surface area contributed by atoms with E-state index < -0.39 is 23.3 Å². The Hall–Kier alpha value is -1.52. The monoisotopic (exact) mass is 187 g/mol. The van der Waals surface area contributed by atoms with Crippen LogP contribution in [0.5, 0.6) is 0 Å². The zero-order valence-corrected chi connectivity index (χ0v) is 6.54. The molecule has 2 unspecified atom stereocenters. The van der Waals surface area contributed by atoms with E-state index in [0.29, 0.717) is 0 Å². The molecule has 0 saturated heterocycles. The molecule has 1 amide bonds. The highest BCUT2D eigenvalue weighted by molar-refractivity contribution is 6.00. The van der Waals surface area contributed by atoms with Crippen molar-refractivity contribution >= 4 is 12.2 Å². The van der Waals surface area contributed by atoms with Gasteiger partial charge in [-0.1, -0.05) is 6.08 Å². The summed E-state index contributed by atoms with van der Waals surface area (Å²) >= 11 is 0. The van der Waals surface area contributed by atoms with Crippen molar-refractivity contribution in [2.45, 2.75) is 6.17 Å². The van der Waals surface area contributed by atoms with Crippen LogP contribution in [0.25, 0.3) is 0 Å². The number of rotatable bonds is 2. The summed E-state index contributed by atoms with van der Waals surface area (Å²) in [6, 6.07) is 0. The number of hydrogen-bond donors (Lipinski definition) is 1. The molecule has 1 aliphatic carbocycles. The molecular formula is C8H7F2NO2. The van der Waals surface area contributed by atoms with Gasteiger partial charge in [0.1, 0.15) is 18.3 Å². The first kappa shape index (κ1) is 9.57. The average Bonchev–Trinajstić information content (AvgIpc) is 2.05. The highest BCUT2D eigenvalue weighted by atomic mass is 19.1. The highest BCUT2D eigenvalue weighted by Crippen LogP contribution is 2.35. The summed E-state index contributed by atoms with van der Waals surface area (Å²) in [6.07, 6.45) is 0.699. The molecule has 1 rings (SSSR count). The minimum Gasteiger partial charge on any atom is -0.368 e. The first-order valence-corrected chi connectivity index (χ1v) is 3.50. The van der Waals surface area contributed by atoms with Crippen LogP contribution in [0.15, 0.2) is 24.1 Å². The van der Waals surface area contributed by atoms with Crippen molar-refractivity contribution < 1.29 is 18.4 Å². The summed E-state index contributed by atoms with van der Waals surface area (Å²) < 4.78 is 26.1. The van der Waals surface area contributed by atoms with Crippen molar-refractivity contribution in [1.82, 2.24) is 0 Å². The molecule has 0 fully saturated rings. The van der Waals surface area contributed by atoms with E-state index in [2.05, 4.69) is 0 Å². The van der Waals surface area contributed by atoms with Crippen molar-refractivity contribution in [2.75, 3.05) is 0 Å². The number of allylic oxidation sites excluding steroid dienone is 3. The van der Waals surface area contributed by atoms with E-state index in [4.69, 9.17) is 5.73 Å². The lowest BCUT2D eigenvalue weighted by atomic mass is 9.79. The van der Waals surface area contributed by atoms with Gasteiger partial charge in [-0.2, -0.15) is 0 Å². The van der Waals surface area contributed by atoms with Gasteiger partial charge >= 0.3 is 0 Å². The van der Waals surface area contributed by atoms with E-state index in [1.165, 1.54) is 0 Å². The Labute approximate surface area is 72.9 Å². The Morgan fingerprint density at radius 2 is 2.31 bits per heavy atom. The van der Waals surface area contributed by atoms with Crippen LogP contribution in [-0.4, -0.2) is 18.4 Å². The lowest BCUT2D eigenvalue weighted by Crippen LogP contribution is -2.47. The Bertz CT molecular complexity index is 311. The van der Waals surface area contributed by atoms with Crippen LogP contribution in [0, 0.1) is 5.41 Å². The number of nitrogens with two attached hydrogens (primary N) is 1. The molecule has 0 aromatic heterocycles. The Kier molecular flexibility index (Phi) is 2.27. The Balaban J connectivity index is 3.24. The van der Waals surface area contributed by atoms with E-state index in [-0.39, 0.29) is 6.29 Å². The van der Waals surface area contributed by atoms with E-state index in [9.17, 15) is 18.4 Å². The maximum atomic E-state index is 13.1. The van der Waals surface area contributed by atoms with Gasteiger partial charge in [0.25, 0.3) is 0 Å².